The monoisotopic (exact) mass is 262 g/mol. The quantitative estimate of drug-likeness (QED) is 0.832. The van der Waals surface area contributed by atoms with Gasteiger partial charge < -0.3 is 9.64 Å². The number of nitrogens with zero attached hydrogens (tertiary/aromatic N) is 2. The molecule has 2 atom stereocenters. The molecule has 0 aliphatic carbocycles. The maximum Gasteiger partial charge on any atom is 0.240 e. The van der Waals surface area contributed by atoms with Crippen molar-refractivity contribution in [2.24, 2.45) is 0 Å². The number of amides is 1. The number of likely N-dealkylation sites (N-methyl/N-ethyl adjacent to an activating group) is 1. The van der Waals surface area contributed by atoms with Crippen LogP contribution in [0.4, 0.5) is 5.69 Å². The zero-order valence-electron chi connectivity index (χ0n) is 11.9. The molecule has 4 heteroatoms. The van der Waals surface area contributed by atoms with Gasteiger partial charge in [0.15, 0.2) is 0 Å². The highest BCUT2D eigenvalue weighted by Crippen LogP contribution is 2.14. The molecule has 0 spiro atoms. The molecule has 4 nitrogen and oxygen atoms in total. The second-order valence-electron chi connectivity index (χ2n) is 5.21. The fourth-order valence-corrected chi connectivity index (χ4v) is 2.27. The summed E-state index contributed by atoms with van der Waals surface area (Å²) < 4.78 is 5.58. The molecule has 1 saturated heterocycles. The van der Waals surface area contributed by atoms with Crippen LogP contribution in [0.25, 0.3) is 0 Å². The van der Waals surface area contributed by atoms with Crippen LogP contribution in [-0.2, 0) is 9.53 Å². The standard InChI is InChI=1S/C15H22N2O2/c1-12-11-19-13(2)9-17(12)10-15(18)16(3)14-7-5-4-6-8-14/h4-8,12-13H,9-11H2,1-3H3. The molecule has 0 radical (unpaired) electrons. The lowest BCUT2D eigenvalue weighted by Gasteiger charge is -2.37. The van der Waals surface area contributed by atoms with Crippen molar-refractivity contribution in [3.63, 3.8) is 0 Å². The Hall–Kier alpha value is -1.39. The Morgan fingerprint density at radius 3 is 2.74 bits per heavy atom. The van der Waals surface area contributed by atoms with E-state index in [1.54, 1.807) is 4.90 Å². The van der Waals surface area contributed by atoms with Crippen molar-refractivity contribution in [1.82, 2.24) is 4.90 Å². The van der Waals surface area contributed by atoms with Gasteiger partial charge in [-0.05, 0) is 26.0 Å². The average Bonchev–Trinajstić information content (AvgIpc) is 2.43. The molecule has 2 rings (SSSR count). The molecule has 0 saturated carbocycles. The summed E-state index contributed by atoms with van der Waals surface area (Å²) in [6.07, 6.45) is 0.200. The van der Waals surface area contributed by atoms with Gasteiger partial charge in [0.25, 0.3) is 0 Å². The molecular formula is C15H22N2O2. The normalized spacial score (nSPS) is 24.2. The third-order valence-electron chi connectivity index (χ3n) is 3.59. The number of carbonyl (C=O) groups is 1. The zero-order valence-corrected chi connectivity index (χ0v) is 11.9. The number of ether oxygens (including phenoxy) is 1. The van der Waals surface area contributed by atoms with Gasteiger partial charge in [-0.3, -0.25) is 9.69 Å². The van der Waals surface area contributed by atoms with Gasteiger partial charge in [-0.15, -0.1) is 0 Å². The molecule has 0 aromatic heterocycles. The van der Waals surface area contributed by atoms with E-state index < -0.39 is 0 Å². The summed E-state index contributed by atoms with van der Waals surface area (Å²) in [5.74, 6) is 0.118. The van der Waals surface area contributed by atoms with Gasteiger partial charge in [0.05, 0.1) is 19.3 Å². The van der Waals surface area contributed by atoms with E-state index in [0.29, 0.717) is 19.2 Å². The first-order valence-electron chi connectivity index (χ1n) is 6.75. The van der Waals surface area contributed by atoms with Crippen LogP contribution in [0.1, 0.15) is 13.8 Å². The lowest BCUT2D eigenvalue weighted by Crippen LogP contribution is -2.51. The summed E-state index contributed by atoms with van der Waals surface area (Å²) in [5.41, 5.74) is 0.932. The Balaban J connectivity index is 1.97. The van der Waals surface area contributed by atoms with Crippen molar-refractivity contribution in [2.75, 3.05) is 31.6 Å². The topological polar surface area (TPSA) is 32.8 Å². The van der Waals surface area contributed by atoms with Crippen LogP contribution < -0.4 is 4.90 Å². The summed E-state index contributed by atoms with van der Waals surface area (Å²) in [6, 6.07) is 10.0. The molecule has 1 aliphatic heterocycles. The third-order valence-corrected chi connectivity index (χ3v) is 3.59. The fourth-order valence-electron chi connectivity index (χ4n) is 2.27. The average molecular weight is 262 g/mol. The van der Waals surface area contributed by atoms with E-state index in [0.717, 1.165) is 12.2 Å². The van der Waals surface area contributed by atoms with E-state index in [1.807, 2.05) is 44.3 Å². The van der Waals surface area contributed by atoms with Crippen LogP contribution in [0.2, 0.25) is 0 Å². The molecule has 0 bridgehead atoms. The predicted molar refractivity (Wildman–Crippen MR) is 76.3 cm³/mol. The first kappa shape index (κ1) is 14.0. The molecule has 2 unspecified atom stereocenters. The number of carbonyl (C=O) groups excluding carboxylic acids is 1. The zero-order chi connectivity index (χ0) is 13.8. The van der Waals surface area contributed by atoms with E-state index in [4.69, 9.17) is 4.74 Å². The first-order valence-corrected chi connectivity index (χ1v) is 6.75. The molecule has 0 N–H and O–H groups in total. The second-order valence-corrected chi connectivity index (χ2v) is 5.21. The molecular weight excluding hydrogens is 240 g/mol. The van der Waals surface area contributed by atoms with E-state index in [2.05, 4.69) is 11.8 Å². The highest BCUT2D eigenvalue weighted by molar-refractivity contribution is 5.94. The highest BCUT2D eigenvalue weighted by atomic mass is 16.5. The Kier molecular flexibility index (Phi) is 4.56. The predicted octanol–water partition coefficient (Wildman–Crippen LogP) is 1.76. The maximum atomic E-state index is 12.3. The first-order chi connectivity index (χ1) is 9.08. The van der Waals surface area contributed by atoms with Crippen LogP contribution in [0.3, 0.4) is 0 Å². The minimum Gasteiger partial charge on any atom is -0.376 e. The summed E-state index contributed by atoms with van der Waals surface area (Å²) in [5, 5.41) is 0. The second kappa shape index (κ2) is 6.17. The van der Waals surface area contributed by atoms with Crippen molar-refractivity contribution < 1.29 is 9.53 Å². The van der Waals surface area contributed by atoms with Crippen LogP contribution in [0, 0.1) is 0 Å². The van der Waals surface area contributed by atoms with Gasteiger partial charge in [-0.1, -0.05) is 18.2 Å². The van der Waals surface area contributed by atoms with E-state index >= 15 is 0 Å². The fraction of sp³-hybridized carbons (Fsp3) is 0.533. The lowest BCUT2D eigenvalue weighted by molar-refractivity contribution is -0.123. The third kappa shape index (κ3) is 3.55. The van der Waals surface area contributed by atoms with Crippen molar-refractivity contribution >= 4 is 11.6 Å². The van der Waals surface area contributed by atoms with Crippen molar-refractivity contribution in [2.45, 2.75) is 26.0 Å². The number of anilines is 1. The number of hydrogen-bond acceptors (Lipinski definition) is 3. The van der Waals surface area contributed by atoms with Gasteiger partial charge in [-0.2, -0.15) is 0 Å². The molecule has 1 fully saturated rings. The van der Waals surface area contributed by atoms with E-state index in [1.165, 1.54) is 0 Å². The van der Waals surface area contributed by atoms with Crippen molar-refractivity contribution in [3.05, 3.63) is 30.3 Å². The molecule has 1 aromatic carbocycles. The number of para-hydroxylation sites is 1. The largest absolute Gasteiger partial charge is 0.376 e. The van der Waals surface area contributed by atoms with Gasteiger partial charge in [-0.25, -0.2) is 0 Å². The van der Waals surface area contributed by atoms with Crippen molar-refractivity contribution in [1.29, 1.82) is 0 Å². The smallest absolute Gasteiger partial charge is 0.240 e. The maximum absolute atomic E-state index is 12.3. The Labute approximate surface area is 115 Å². The Morgan fingerprint density at radius 1 is 1.37 bits per heavy atom. The SMILES string of the molecule is CC1CN(CC(=O)N(C)c2ccccc2)C(C)CO1. The number of hydrogen-bond donors (Lipinski definition) is 0. The van der Waals surface area contributed by atoms with Crippen LogP contribution >= 0.6 is 0 Å². The molecule has 19 heavy (non-hydrogen) atoms. The molecule has 1 amide bonds. The van der Waals surface area contributed by atoms with Crippen LogP contribution in [0.5, 0.6) is 0 Å². The molecule has 1 aliphatic rings. The highest BCUT2D eigenvalue weighted by Gasteiger charge is 2.26. The summed E-state index contributed by atoms with van der Waals surface area (Å²) in [6.45, 7) is 6.10. The number of benzene rings is 1. The minimum atomic E-state index is 0.118. The van der Waals surface area contributed by atoms with E-state index in [-0.39, 0.29) is 12.0 Å². The van der Waals surface area contributed by atoms with Gasteiger partial charge in [0.1, 0.15) is 0 Å². The number of rotatable bonds is 3. The van der Waals surface area contributed by atoms with Crippen molar-refractivity contribution in [3.8, 4) is 0 Å². The van der Waals surface area contributed by atoms with Gasteiger partial charge >= 0.3 is 0 Å². The number of morpholine rings is 1. The molecule has 1 aromatic rings. The summed E-state index contributed by atoms with van der Waals surface area (Å²) in [4.78, 5) is 16.2. The van der Waals surface area contributed by atoms with E-state index in [9.17, 15) is 4.79 Å². The molecule has 1 heterocycles. The minimum absolute atomic E-state index is 0.118. The Morgan fingerprint density at radius 2 is 2.05 bits per heavy atom. The molecule has 104 valence electrons. The Bertz CT molecular complexity index is 421. The van der Waals surface area contributed by atoms with Gasteiger partial charge in [0.2, 0.25) is 5.91 Å². The van der Waals surface area contributed by atoms with Crippen LogP contribution in [-0.4, -0.2) is 49.7 Å². The van der Waals surface area contributed by atoms with Crippen LogP contribution in [0.15, 0.2) is 30.3 Å². The lowest BCUT2D eigenvalue weighted by atomic mass is 10.2. The summed E-state index contributed by atoms with van der Waals surface area (Å²) in [7, 11) is 1.83. The summed E-state index contributed by atoms with van der Waals surface area (Å²) >= 11 is 0. The van der Waals surface area contributed by atoms with Gasteiger partial charge in [0, 0.05) is 25.3 Å².